The van der Waals surface area contributed by atoms with E-state index in [1.807, 2.05) is 38.1 Å². The van der Waals surface area contributed by atoms with Gasteiger partial charge in [0.25, 0.3) is 10.0 Å². The van der Waals surface area contributed by atoms with Crippen LogP contribution in [-0.4, -0.2) is 18.2 Å². The van der Waals surface area contributed by atoms with Crippen molar-refractivity contribution >= 4 is 37.9 Å². The number of sulfonamides is 1. The SMILES string of the molecule is C=CC(C)N(Sc1ccccc1Br)S(=O)(=O)c1ccc(C)cc1. The summed E-state index contributed by atoms with van der Waals surface area (Å²) < 4.78 is 28.2. The normalized spacial score (nSPS) is 13.0. The highest BCUT2D eigenvalue weighted by molar-refractivity contribution is 9.10. The van der Waals surface area contributed by atoms with Crippen LogP contribution >= 0.6 is 27.9 Å². The maximum absolute atomic E-state index is 13.0. The van der Waals surface area contributed by atoms with E-state index < -0.39 is 10.0 Å². The lowest BCUT2D eigenvalue weighted by atomic mass is 10.2. The van der Waals surface area contributed by atoms with Gasteiger partial charge in [0.1, 0.15) is 0 Å². The van der Waals surface area contributed by atoms with Crippen molar-refractivity contribution in [1.29, 1.82) is 0 Å². The minimum Gasteiger partial charge on any atom is -0.206 e. The molecule has 0 aliphatic rings. The van der Waals surface area contributed by atoms with Crippen LogP contribution in [0.15, 0.2) is 75.4 Å². The lowest BCUT2D eigenvalue weighted by Gasteiger charge is -2.25. The molecule has 0 saturated carbocycles. The Morgan fingerprint density at radius 3 is 2.35 bits per heavy atom. The van der Waals surface area contributed by atoms with Crippen LogP contribution in [0.5, 0.6) is 0 Å². The van der Waals surface area contributed by atoms with Crippen LogP contribution in [0.4, 0.5) is 0 Å². The molecule has 2 aromatic rings. The van der Waals surface area contributed by atoms with Gasteiger partial charge in [-0.25, -0.2) is 8.42 Å². The Balaban J connectivity index is 2.44. The molecule has 0 amide bonds. The average Bonchev–Trinajstić information content (AvgIpc) is 2.53. The van der Waals surface area contributed by atoms with Gasteiger partial charge >= 0.3 is 0 Å². The Morgan fingerprint density at radius 2 is 1.78 bits per heavy atom. The zero-order valence-corrected chi connectivity index (χ0v) is 16.2. The van der Waals surface area contributed by atoms with Crippen LogP contribution in [0.2, 0.25) is 0 Å². The van der Waals surface area contributed by atoms with Crippen LogP contribution < -0.4 is 0 Å². The average molecular weight is 412 g/mol. The Kier molecular flexibility index (Phi) is 6.08. The quantitative estimate of drug-likeness (QED) is 0.493. The molecule has 2 aromatic carbocycles. The fraction of sp³-hybridized carbons (Fsp3) is 0.176. The fourth-order valence-corrected chi connectivity index (χ4v) is 5.21. The molecule has 3 nitrogen and oxygen atoms in total. The first-order chi connectivity index (χ1) is 10.9. The maximum atomic E-state index is 13.0. The van der Waals surface area contributed by atoms with Gasteiger partial charge in [-0.1, -0.05) is 35.9 Å². The summed E-state index contributed by atoms with van der Waals surface area (Å²) in [5.74, 6) is 0. The van der Waals surface area contributed by atoms with Crippen molar-refractivity contribution in [1.82, 2.24) is 3.71 Å². The van der Waals surface area contributed by atoms with Crippen molar-refractivity contribution in [2.75, 3.05) is 0 Å². The van der Waals surface area contributed by atoms with E-state index in [0.717, 1.165) is 14.9 Å². The molecule has 6 heteroatoms. The number of rotatable bonds is 6. The number of benzene rings is 2. The first-order valence-electron chi connectivity index (χ1n) is 7.02. The molecule has 0 saturated heterocycles. The highest BCUT2D eigenvalue weighted by Gasteiger charge is 2.29. The molecule has 0 bridgehead atoms. The van der Waals surface area contributed by atoms with Gasteiger partial charge in [-0.2, -0.15) is 0 Å². The Bertz CT molecular complexity index is 788. The van der Waals surface area contributed by atoms with Gasteiger partial charge in [-0.15, -0.1) is 10.3 Å². The number of hydrogen-bond donors (Lipinski definition) is 0. The molecule has 0 aliphatic heterocycles. The molecule has 0 fully saturated rings. The lowest BCUT2D eigenvalue weighted by molar-refractivity contribution is 0.522. The molecule has 23 heavy (non-hydrogen) atoms. The summed E-state index contributed by atoms with van der Waals surface area (Å²) in [5.41, 5.74) is 1.02. The first kappa shape index (κ1) is 18.3. The molecule has 0 aliphatic carbocycles. The molecular formula is C17H18BrNO2S2. The largest absolute Gasteiger partial charge is 0.253 e. The smallest absolute Gasteiger partial charge is 0.206 e. The second-order valence-corrected chi connectivity index (χ2v) is 8.99. The summed E-state index contributed by atoms with van der Waals surface area (Å²) in [5, 5.41) is 0. The summed E-state index contributed by atoms with van der Waals surface area (Å²) in [4.78, 5) is 1.10. The van der Waals surface area contributed by atoms with Crippen molar-refractivity contribution in [3.63, 3.8) is 0 Å². The fourth-order valence-electron chi connectivity index (χ4n) is 1.87. The Labute approximate surface area is 150 Å². The third-order valence-corrected chi connectivity index (χ3v) is 7.76. The van der Waals surface area contributed by atoms with Crippen LogP contribution in [0.1, 0.15) is 12.5 Å². The lowest BCUT2D eigenvalue weighted by Crippen LogP contribution is -2.31. The standard InChI is InChI=1S/C17H18BrNO2S2/c1-4-14(3)19(22-17-8-6-5-7-16(17)18)23(20,21)15-11-9-13(2)10-12-15/h4-12,14H,1H2,2-3H3. The van der Waals surface area contributed by atoms with E-state index >= 15 is 0 Å². The van der Waals surface area contributed by atoms with Crippen LogP contribution in [0.3, 0.4) is 0 Å². The van der Waals surface area contributed by atoms with Crippen molar-refractivity contribution < 1.29 is 8.42 Å². The zero-order chi connectivity index (χ0) is 17.0. The highest BCUT2D eigenvalue weighted by Crippen LogP contribution is 2.35. The maximum Gasteiger partial charge on any atom is 0.253 e. The second kappa shape index (κ2) is 7.66. The molecule has 1 atom stereocenters. The van der Waals surface area contributed by atoms with Gasteiger partial charge in [-0.3, -0.25) is 0 Å². The van der Waals surface area contributed by atoms with Crippen LogP contribution in [0.25, 0.3) is 0 Å². The third kappa shape index (κ3) is 4.26. The minimum absolute atomic E-state index is 0.274. The van der Waals surface area contributed by atoms with E-state index in [1.165, 1.54) is 15.7 Å². The second-order valence-electron chi connectivity index (χ2n) is 5.07. The first-order valence-corrected chi connectivity index (χ1v) is 10.0. The molecule has 2 rings (SSSR count). The van der Waals surface area contributed by atoms with Crippen molar-refractivity contribution in [3.8, 4) is 0 Å². The van der Waals surface area contributed by atoms with E-state index in [1.54, 1.807) is 30.3 Å². The predicted octanol–water partition coefficient (Wildman–Crippen LogP) is 5.03. The van der Waals surface area contributed by atoms with Crippen molar-refractivity contribution in [3.05, 3.63) is 71.2 Å². The van der Waals surface area contributed by atoms with Gasteiger partial charge in [0.2, 0.25) is 0 Å². The van der Waals surface area contributed by atoms with Crippen LogP contribution in [0, 0.1) is 6.92 Å². The number of hydrogen-bond acceptors (Lipinski definition) is 3. The van der Waals surface area contributed by atoms with E-state index in [0.29, 0.717) is 0 Å². The summed E-state index contributed by atoms with van der Waals surface area (Å²) in [6.07, 6.45) is 1.62. The molecule has 0 N–H and O–H groups in total. The Morgan fingerprint density at radius 1 is 1.17 bits per heavy atom. The van der Waals surface area contributed by atoms with E-state index in [9.17, 15) is 8.42 Å². The van der Waals surface area contributed by atoms with Crippen LogP contribution in [-0.2, 0) is 10.0 Å². The Hall–Kier alpha value is -1.08. The van der Waals surface area contributed by atoms with E-state index in [4.69, 9.17) is 0 Å². The highest BCUT2D eigenvalue weighted by atomic mass is 79.9. The number of aryl methyl sites for hydroxylation is 1. The minimum atomic E-state index is -3.64. The molecule has 0 aromatic heterocycles. The summed E-state index contributed by atoms with van der Waals surface area (Å²) >= 11 is 4.64. The van der Waals surface area contributed by atoms with E-state index in [2.05, 4.69) is 22.5 Å². The van der Waals surface area contributed by atoms with Gasteiger partial charge in [0.05, 0.1) is 10.9 Å². The summed E-state index contributed by atoms with van der Waals surface area (Å²) in [6, 6.07) is 14.0. The topological polar surface area (TPSA) is 37.4 Å². The molecular weight excluding hydrogens is 394 g/mol. The zero-order valence-electron chi connectivity index (χ0n) is 12.9. The van der Waals surface area contributed by atoms with E-state index in [-0.39, 0.29) is 10.9 Å². The predicted molar refractivity (Wildman–Crippen MR) is 99.9 cm³/mol. The van der Waals surface area contributed by atoms with Gasteiger partial charge in [0.15, 0.2) is 0 Å². The molecule has 1 unspecified atom stereocenters. The van der Waals surface area contributed by atoms with Gasteiger partial charge in [0, 0.05) is 9.37 Å². The third-order valence-electron chi connectivity index (χ3n) is 3.25. The van der Waals surface area contributed by atoms with Gasteiger partial charge in [-0.05, 0) is 66.0 Å². The monoisotopic (exact) mass is 411 g/mol. The number of halogens is 1. The molecule has 0 heterocycles. The van der Waals surface area contributed by atoms with Crippen molar-refractivity contribution in [2.45, 2.75) is 29.7 Å². The molecule has 122 valence electrons. The number of nitrogens with zero attached hydrogens (tertiary/aromatic N) is 1. The molecule has 0 spiro atoms. The molecule has 0 radical (unpaired) electrons. The van der Waals surface area contributed by atoms with Crippen molar-refractivity contribution in [2.24, 2.45) is 0 Å². The van der Waals surface area contributed by atoms with Gasteiger partial charge < -0.3 is 0 Å². The summed E-state index contributed by atoms with van der Waals surface area (Å²) in [7, 11) is -3.64. The summed E-state index contributed by atoms with van der Waals surface area (Å²) in [6.45, 7) is 7.47.